The Morgan fingerprint density at radius 2 is 1.71 bits per heavy atom. The first-order chi connectivity index (χ1) is 14.9. The monoisotopic (exact) mass is 453 g/mol. The van der Waals surface area contributed by atoms with Gasteiger partial charge in [0.25, 0.3) is 15.9 Å². The summed E-state index contributed by atoms with van der Waals surface area (Å²) in [5.41, 5.74) is 2.18. The Hall–Kier alpha value is -3.43. The van der Waals surface area contributed by atoms with E-state index in [0.29, 0.717) is 17.1 Å². The molecule has 0 bridgehead atoms. The van der Waals surface area contributed by atoms with Crippen LogP contribution in [-0.2, 0) is 14.8 Å². The summed E-state index contributed by atoms with van der Waals surface area (Å²) < 4.78 is 38.2. The number of amides is 1. The smallest absolute Gasteiger partial charge is 0.262 e. The lowest BCUT2D eigenvalue weighted by Crippen LogP contribution is -2.20. The minimum atomic E-state index is -3.72. The van der Waals surface area contributed by atoms with E-state index in [1.165, 1.54) is 35.8 Å². The minimum absolute atomic E-state index is 0.0996. The fourth-order valence-electron chi connectivity index (χ4n) is 2.85. The van der Waals surface area contributed by atoms with Gasteiger partial charge in [0.15, 0.2) is 6.61 Å². The first-order valence-corrected chi connectivity index (χ1v) is 11.6. The van der Waals surface area contributed by atoms with Gasteiger partial charge in [-0.25, -0.2) is 8.42 Å². The number of rotatable bonds is 7. The Morgan fingerprint density at radius 1 is 1.00 bits per heavy atom. The van der Waals surface area contributed by atoms with Crippen molar-refractivity contribution < 1.29 is 17.9 Å². The molecule has 0 spiro atoms. The van der Waals surface area contributed by atoms with Gasteiger partial charge in [0.1, 0.15) is 5.75 Å². The van der Waals surface area contributed by atoms with Crippen molar-refractivity contribution in [2.24, 2.45) is 0 Å². The van der Waals surface area contributed by atoms with Crippen LogP contribution in [0.15, 0.2) is 77.8 Å². The van der Waals surface area contributed by atoms with Crippen molar-refractivity contribution in [2.75, 3.05) is 16.6 Å². The van der Waals surface area contributed by atoms with Crippen molar-refractivity contribution in [2.45, 2.75) is 11.8 Å². The first kappa shape index (κ1) is 20.8. The van der Waals surface area contributed by atoms with E-state index >= 15 is 0 Å². The molecule has 0 atom stereocenters. The molecule has 1 heterocycles. The molecule has 7 nitrogen and oxygen atoms in total. The molecule has 4 aromatic rings. The van der Waals surface area contributed by atoms with Gasteiger partial charge in [-0.15, -0.1) is 0 Å². The third-order valence-electron chi connectivity index (χ3n) is 4.44. The van der Waals surface area contributed by atoms with Crippen LogP contribution >= 0.6 is 11.5 Å². The zero-order chi connectivity index (χ0) is 21.8. The lowest BCUT2D eigenvalue weighted by atomic mass is 10.2. The average molecular weight is 454 g/mol. The number of hydrogen-bond acceptors (Lipinski definition) is 6. The van der Waals surface area contributed by atoms with Gasteiger partial charge in [-0.05, 0) is 73.1 Å². The van der Waals surface area contributed by atoms with Gasteiger partial charge in [0.05, 0.1) is 9.60 Å². The van der Waals surface area contributed by atoms with Crippen molar-refractivity contribution in [3.8, 4) is 5.75 Å². The third-order valence-corrected chi connectivity index (χ3v) is 6.62. The van der Waals surface area contributed by atoms with Crippen LogP contribution in [0.4, 0.5) is 11.4 Å². The third kappa shape index (κ3) is 5.19. The minimum Gasteiger partial charge on any atom is -0.484 e. The molecule has 0 radical (unpaired) electrons. The maximum absolute atomic E-state index is 12.5. The lowest BCUT2D eigenvalue weighted by molar-refractivity contribution is -0.118. The molecule has 0 unspecified atom stereocenters. The number of nitrogens with zero attached hydrogens (tertiary/aromatic N) is 1. The molecule has 1 amide bonds. The molecule has 0 aliphatic rings. The second kappa shape index (κ2) is 8.75. The molecule has 31 heavy (non-hydrogen) atoms. The predicted octanol–water partition coefficient (Wildman–Crippen LogP) is 4.42. The van der Waals surface area contributed by atoms with Crippen LogP contribution in [0.3, 0.4) is 0 Å². The van der Waals surface area contributed by atoms with Crippen LogP contribution in [-0.4, -0.2) is 25.3 Å². The number of benzene rings is 3. The number of hydrogen-bond donors (Lipinski definition) is 2. The molecule has 0 aliphatic carbocycles. The maximum Gasteiger partial charge on any atom is 0.262 e. The Morgan fingerprint density at radius 3 is 2.45 bits per heavy atom. The highest BCUT2D eigenvalue weighted by molar-refractivity contribution is 7.92. The van der Waals surface area contributed by atoms with Crippen molar-refractivity contribution in [1.29, 1.82) is 0 Å². The second-order valence-electron chi connectivity index (χ2n) is 6.86. The number of ether oxygens (including phenoxy) is 1. The van der Waals surface area contributed by atoms with E-state index in [1.54, 1.807) is 24.4 Å². The second-order valence-corrected chi connectivity index (χ2v) is 9.37. The highest BCUT2D eigenvalue weighted by atomic mass is 32.2. The van der Waals surface area contributed by atoms with Gasteiger partial charge in [-0.1, -0.05) is 17.7 Å². The molecule has 0 fully saturated rings. The van der Waals surface area contributed by atoms with Gasteiger partial charge >= 0.3 is 0 Å². The summed E-state index contributed by atoms with van der Waals surface area (Å²) in [6, 6.07) is 18.5. The average Bonchev–Trinajstić information content (AvgIpc) is 3.22. The number of nitrogens with one attached hydrogen (secondary N) is 2. The molecule has 9 heteroatoms. The van der Waals surface area contributed by atoms with Crippen molar-refractivity contribution >= 4 is 48.9 Å². The zero-order valence-electron chi connectivity index (χ0n) is 16.5. The van der Waals surface area contributed by atoms with E-state index in [4.69, 9.17) is 4.74 Å². The van der Waals surface area contributed by atoms with Crippen LogP contribution in [0, 0.1) is 6.92 Å². The van der Waals surface area contributed by atoms with Crippen LogP contribution in [0.5, 0.6) is 5.75 Å². The van der Waals surface area contributed by atoms with E-state index in [2.05, 4.69) is 14.4 Å². The highest BCUT2D eigenvalue weighted by Crippen LogP contribution is 2.22. The Kier molecular flexibility index (Phi) is 5.88. The standard InChI is InChI=1S/C22H19N3O4S2/c1-15-2-4-17(5-3-15)25-31(27,28)20-9-7-19(8-10-20)29-14-22(26)24-18-6-11-21-16(12-18)13-23-30-21/h2-13,25H,14H2,1H3,(H,24,26). The Balaban J connectivity index is 1.34. The van der Waals surface area contributed by atoms with Crippen LogP contribution in [0.2, 0.25) is 0 Å². The van der Waals surface area contributed by atoms with Crippen LogP contribution in [0.25, 0.3) is 10.1 Å². The number of aryl methyl sites for hydroxylation is 1. The van der Waals surface area contributed by atoms with Gasteiger partial charge in [-0.3, -0.25) is 9.52 Å². The summed E-state index contributed by atoms with van der Waals surface area (Å²) >= 11 is 1.39. The van der Waals surface area contributed by atoms with E-state index in [1.807, 2.05) is 31.2 Å². The predicted molar refractivity (Wildman–Crippen MR) is 122 cm³/mol. The number of carbonyl (C=O) groups is 1. The summed E-state index contributed by atoms with van der Waals surface area (Å²) in [6.45, 7) is 1.73. The fourth-order valence-corrected chi connectivity index (χ4v) is 4.53. The zero-order valence-corrected chi connectivity index (χ0v) is 18.2. The molecule has 3 aromatic carbocycles. The maximum atomic E-state index is 12.5. The Labute approximate surface area is 183 Å². The molecule has 0 saturated heterocycles. The Bertz CT molecular complexity index is 1320. The summed E-state index contributed by atoms with van der Waals surface area (Å²) in [5, 5.41) is 3.73. The van der Waals surface area contributed by atoms with Gasteiger partial charge < -0.3 is 10.1 Å². The quantitative estimate of drug-likeness (QED) is 0.432. The van der Waals surface area contributed by atoms with Crippen LogP contribution in [0.1, 0.15) is 5.56 Å². The molecule has 1 aromatic heterocycles. The van der Waals surface area contributed by atoms with E-state index in [-0.39, 0.29) is 17.4 Å². The molecular weight excluding hydrogens is 434 g/mol. The van der Waals surface area contributed by atoms with Gasteiger partial charge in [0, 0.05) is 23.0 Å². The largest absolute Gasteiger partial charge is 0.484 e. The molecular formula is C22H19N3O4S2. The van der Waals surface area contributed by atoms with Gasteiger partial charge in [-0.2, -0.15) is 4.37 Å². The summed E-state index contributed by atoms with van der Waals surface area (Å²) in [5.74, 6) is 0.0715. The van der Waals surface area contributed by atoms with E-state index < -0.39 is 10.0 Å². The van der Waals surface area contributed by atoms with Gasteiger partial charge in [0.2, 0.25) is 0 Å². The number of carbonyl (C=O) groups excluding carboxylic acids is 1. The summed E-state index contributed by atoms with van der Waals surface area (Å²) in [7, 11) is -3.72. The topological polar surface area (TPSA) is 97.4 Å². The van der Waals surface area contributed by atoms with Crippen molar-refractivity contribution in [3.05, 3.63) is 78.5 Å². The van der Waals surface area contributed by atoms with E-state index in [9.17, 15) is 13.2 Å². The van der Waals surface area contributed by atoms with Crippen molar-refractivity contribution in [3.63, 3.8) is 0 Å². The first-order valence-electron chi connectivity index (χ1n) is 9.36. The fraction of sp³-hybridized carbons (Fsp3) is 0.0909. The summed E-state index contributed by atoms with van der Waals surface area (Å²) in [4.78, 5) is 12.3. The number of sulfonamides is 1. The molecule has 0 aliphatic heterocycles. The SMILES string of the molecule is Cc1ccc(NS(=O)(=O)c2ccc(OCC(=O)Nc3ccc4sncc4c3)cc2)cc1. The summed E-state index contributed by atoms with van der Waals surface area (Å²) in [6.07, 6.45) is 1.75. The van der Waals surface area contributed by atoms with E-state index in [0.717, 1.165) is 15.6 Å². The number of anilines is 2. The van der Waals surface area contributed by atoms with Crippen LogP contribution < -0.4 is 14.8 Å². The number of aromatic nitrogens is 1. The van der Waals surface area contributed by atoms with Crippen molar-refractivity contribution in [1.82, 2.24) is 4.37 Å². The molecule has 0 saturated carbocycles. The normalized spacial score (nSPS) is 11.3. The molecule has 2 N–H and O–H groups in total. The number of fused-ring (bicyclic) bond motifs is 1. The highest BCUT2D eigenvalue weighted by Gasteiger charge is 2.14. The molecule has 158 valence electrons. The molecule has 4 rings (SSSR count). The lowest BCUT2D eigenvalue weighted by Gasteiger charge is -2.10.